The smallest absolute Gasteiger partial charge is 0.387 e. The summed E-state index contributed by atoms with van der Waals surface area (Å²) in [7, 11) is 1.70. The molecule has 8 heteroatoms. The number of imidazole rings is 1. The number of hydrogen-bond acceptors (Lipinski definition) is 4. The Morgan fingerprint density at radius 2 is 2.04 bits per heavy atom. The number of rotatable bonds is 4. The van der Waals surface area contributed by atoms with Gasteiger partial charge in [0.25, 0.3) is 0 Å². The van der Waals surface area contributed by atoms with Gasteiger partial charge in [0.15, 0.2) is 5.65 Å². The number of hydrogen-bond donors (Lipinski definition) is 2. The van der Waals surface area contributed by atoms with Crippen LogP contribution in [0.15, 0.2) is 29.9 Å². The van der Waals surface area contributed by atoms with Crippen molar-refractivity contribution in [2.75, 3.05) is 6.54 Å². The first-order valence-electron chi connectivity index (χ1n) is 7.02. The summed E-state index contributed by atoms with van der Waals surface area (Å²) in [5.41, 5.74) is -0.176. The standard InChI is InChI=1S/C13H13F3N4S.C2H6/c1-20-11(3-2-4-17-5-6-21)19-10-7-9(13(14,15)16)8-18-12(10)20;1-2/h2-3,5-8,17,21H,4H2,1H3;1-2H3/b3-2+,6-5+;. The molecule has 0 aliphatic carbocycles. The molecule has 0 aliphatic rings. The summed E-state index contributed by atoms with van der Waals surface area (Å²) in [6.07, 6.45) is 1.59. The number of thiol groups is 1. The average Bonchev–Trinajstić information content (AvgIpc) is 2.84. The molecule has 0 atom stereocenters. The summed E-state index contributed by atoms with van der Waals surface area (Å²) in [6, 6.07) is 1.00. The van der Waals surface area contributed by atoms with Crippen molar-refractivity contribution in [3.8, 4) is 0 Å². The number of pyridine rings is 1. The summed E-state index contributed by atoms with van der Waals surface area (Å²) in [4.78, 5) is 7.99. The predicted molar refractivity (Wildman–Crippen MR) is 90.0 cm³/mol. The number of nitrogens with zero attached hydrogens (tertiary/aromatic N) is 3. The van der Waals surface area contributed by atoms with Crippen LogP contribution in [0.1, 0.15) is 25.2 Å². The molecule has 0 saturated carbocycles. The van der Waals surface area contributed by atoms with Gasteiger partial charge in [-0.1, -0.05) is 19.9 Å². The van der Waals surface area contributed by atoms with E-state index >= 15 is 0 Å². The fourth-order valence-corrected chi connectivity index (χ4v) is 1.86. The number of fused-ring (bicyclic) bond motifs is 1. The lowest BCUT2D eigenvalue weighted by Crippen LogP contribution is -2.05. The second-order valence-electron chi connectivity index (χ2n) is 4.22. The molecule has 0 saturated heterocycles. The van der Waals surface area contributed by atoms with Gasteiger partial charge in [-0.05, 0) is 17.6 Å². The summed E-state index contributed by atoms with van der Waals surface area (Å²) >= 11 is 3.89. The van der Waals surface area contributed by atoms with Crippen molar-refractivity contribution >= 4 is 29.9 Å². The number of nitrogens with one attached hydrogen (secondary N) is 1. The van der Waals surface area contributed by atoms with Crippen LogP contribution in [0, 0.1) is 0 Å². The molecule has 2 aromatic heterocycles. The predicted octanol–water partition coefficient (Wildman–Crippen LogP) is 4.02. The average molecular weight is 344 g/mol. The highest BCUT2D eigenvalue weighted by Gasteiger charge is 2.31. The topological polar surface area (TPSA) is 42.7 Å². The number of halogens is 3. The molecule has 0 fully saturated rings. The molecular weight excluding hydrogens is 325 g/mol. The molecule has 1 N–H and O–H groups in total. The second kappa shape index (κ2) is 8.61. The van der Waals surface area contributed by atoms with Gasteiger partial charge in [-0.2, -0.15) is 13.2 Å². The van der Waals surface area contributed by atoms with Crippen molar-refractivity contribution in [1.29, 1.82) is 0 Å². The molecular formula is C15H19F3N4S. The third kappa shape index (κ3) is 5.02. The third-order valence-corrected chi connectivity index (χ3v) is 2.92. The molecule has 0 aliphatic heterocycles. The van der Waals surface area contributed by atoms with Gasteiger partial charge in [0.1, 0.15) is 11.3 Å². The zero-order valence-corrected chi connectivity index (χ0v) is 14.0. The maximum Gasteiger partial charge on any atom is 0.417 e. The van der Waals surface area contributed by atoms with Gasteiger partial charge in [-0.15, -0.1) is 12.6 Å². The molecule has 126 valence electrons. The van der Waals surface area contributed by atoms with Gasteiger partial charge in [0, 0.05) is 26.0 Å². The van der Waals surface area contributed by atoms with E-state index in [4.69, 9.17) is 0 Å². The molecule has 2 aromatic rings. The van der Waals surface area contributed by atoms with E-state index in [0.717, 1.165) is 12.3 Å². The van der Waals surface area contributed by atoms with Gasteiger partial charge in [0.05, 0.1) is 5.56 Å². The van der Waals surface area contributed by atoms with Gasteiger partial charge in [-0.25, -0.2) is 9.97 Å². The Morgan fingerprint density at radius 3 is 2.65 bits per heavy atom. The molecule has 0 amide bonds. The van der Waals surface area contributed by atoms with Crippen molar-refractivity contribution in [3.63, 3.8) is 0 Å². The molecule has 2 heterocycles. The zero-order chi connectivity index (χ0) is 17.5. The molecule has 0 radical (unpaired) electrons. The van der Waals surface area contributed by atoms with Crippen LogP contribution in [0.5, 0.6) is 0 Å². The summed E-state index contributed by atoms with van der Waals surface area (Å²) in [5.74, 6) is 0.536. The van der Waals surface area contributed by atoms with E-state index in [9.17, 15) is 13.2 Å². The van der Waals surface area contributed by atoms with E-state index in [2.05, 4.69) is 27.9 Å². The van der Waals surface area contributed by atoms with Crippen molar-refractivity contribution in [2.45, 2.75) is 20.0 Å². The molecule has 0 bridgehead atoms. The maximum atomic E-state index is 12.6. The largest absolute Gasteiger partial charge is 0.417 e. The van der Waals surface area contributed by atoms with E-state index in [1.807, 2.05) is 13.8 Å². The second-order valence-corrected chi connectivity index (χ2v) is 4.52. The Bertz CT molecular complexity index is 690. The van der Waals surface area contributed by atoms with Crippen LogP contribution in [-0.2, 0) is 13.2 Å². The minimum absolute atomic E-state index is 0.218. The Kier molecular flexibility index (Phi) is 7.15. The highest BCUT2D eigenvalue weighted by molar-refractivity contribution is 7.83. The zero-order valence-electron chi connectivity index (χ0n) is 13.1. The third-order valence-electron chi connectivity index (χ3n) is 2.77. The Morgan fingerprint density at radius 1 is 1.35 bits per heavy atom. The Labute approximate surface area is 138 Å². The van der Waals surface area contributed by atoms with Crippen molar-refractivity contribution in [1.82, 2.24) is 19.9 Å². The number of alkyl halides is 3. The van der Waals surface area contributed by atoms with Gasteiger partial charge in [0.2, 0.25) is 0 Å². The minimum Gasteiger partial charge on any atom is -0.387 e. The quantitative estimate of drug-likeness (QED) is 0.650. The van der Waals surface area contributed by atoms with E-state index in [1.165, 1.54) is 0 Å². The van der Waals surface area contributed by atoms with Crippen LogP contribution in [0.25, 0.3) is 17.2 Å². The van der Waals surface area contributed by atoms with E-state index in [0.29, 0.717) is 18.0 Å². The van der Waals surface area contributed by atoms with Crippen molar-refractivity contribution < 1.29 is 13.2 Å². The van der Waals surface area contributed by atoms with Crippen LogP contribution >= 0.6 is 12.6 Å². The lowest BCUT2D eigenvalue weighted by molar-refractivity contribution is -0.137. The highest BCUT2D eigenvalue weighted by atomic mass is 32.1. The van der Waals surface area contributed by atoms with Gasteiger partial charge >= 0.3 is 6.18 Å². The van der Waals surface area contributed by atoms with Gasteiger partial charge in [-0.3, -0.25) is 0 Å². The molecule has 0 spiro atoms. The monoisotopic (exact) mass is 344 g/mol. The first-order valence-corrected chi connectivity index (χ1v) is 7.54. The minimum atomic E-state index is -4.42. The summed E-state index contributed by atoms with van der Waals surface area (Å²) in [5, 5.41) is 4.50. The summed E-state index contributed by atoms with van der Waals surface area (Å²) in [6.45, 7) is 4.56. The Balaban J connectivity index is 0.00000127. The first kappa shape index (κ1) is 19.1. The normalized spacial score (nSPS) is 12.0. The van der Waals surface area contributed by atoms with Crippen LogP contribution in [0.2, 0.25) is 0 Å². The maximum absolute atomic E-state index is 12.6. The molecule has 2 rings (SSSR count). The van der Waals surface area contributed by atoms with Crippen LogP contribution < -0.4 is 5.32 Å². The van der Waals surface area contributed by atoms with Crippen molar-refractivity contribution in [3.05, 3.63) is 41.3 Å². The number of aryl methyl sites for hydroxylation is 1. The highest BCUT2D eigenvalue weighted by Crippen LogP contribution is 2.30. The van der Waals surface area contributed by atoms with Crippen LogP contribution in [-0.4, -0.2) is 21.1 Å². The molecule has 0 aromatic carbocycles. The lowest BCUT2D eigenvalue weighted by atomic mass is 10.2. The Hall–Kier alpha value is -1.96. The van der Waals surface area contributed by atoms with E-state index in [1.54, 1.807) is 35.4 Å². The lowest BCUT2D eigenvalue weighted by Gasteiger charge is -2.04. The SMILES string of the molecule is CC.Cn1c(/C=C/CN/C=C/S)nc2cc(C(F)(F)F)cnc21. The molecule has 23 heavy (non-hydrogen) atoms. The number of aromatic nitrogens is 3. The van der Waals surface area contributed by atoms with Crippen LogP contribution in [0.3, 0.4) is 0 Å². The fourth-order valence-electron chi connectivity index (χ4n) is 1.75. The fraction of sp³-hybridized carbons (Fsp3) is 0.333. The van der Waals surface area contributed by atoms with E-state index < -0.39 is 11.7 Å². The molecule has 0 unspecified atom stereocenters. The van der Waals surface area contributed by atoms with Gasteiger partial charge < -0.3 is 9.88 Å². The summed E-state index contributed by atoms with van der Waals surface area (Å²) < 4.78 is 39.5. The van der Waals surface area contributed by atoms with Crippen LogP contribution in [0.4, 0.5) is 13.2 Å². The molecule has 4 nitrogen and oxygen atoms in total. The van der Waals surface area contributed by atoms with E-state index in [-0.39, 0.29) is 5.52 Å². The van der Waals surface area contributed by atoms with Crippen molar-refractivity contribution in [2.24, 2.45) is 7.05 Å². The first-order chi connectivity index (χ1) is 10.9.